The second kappa shape index (κ2) is 6.71. The van der Waals surface area contributed by atoms with Crippen molar-refractivity contribution in [3.63, 3.8) is 0 Å². The van der Waals surface area contributed by atoms with Crippen LogP contribution in [0.15, 0.2) is 0 Å². The molecule has 1 fully saturated rings. The molecule has 1 aliphatic rings. The highest BCUT2D eigenvalue weighted by Crippen LogP contribution is 2.24. The second-order valence-electron chi connectivity index (χ2n) is 4.60. The lowest BCUT2D eigenvalue weighted by atomic mass is 9.96. The van der Waals surface area contributed by atoms with Crippen molar-refractivity contribution in [2.75, 3.05) is 41.5 Å². The molecule has 0 spiro atoms. The summed E-state index contributed by atoms with van der Waals surface area (Å²) in [6, 6.07) is 0.926. The first kappa shape index (κ1) is 14.1. The smallest absolute Gasteiger partial charge is 0.377 e. The van der Waals surface area contributed by atoms with Gasteiger partial charge in [-0.1, -0.05) is 0 Å². The normalized spacial score (nSPS) is 23.6. The predicted octanol–water partition coefficient (Wildman–Crippen LogP) is 1.60. The van der Waals surface area contributed by atoms with Crippen molar-refractivity contribution in [1.82, 2.24) is 4.90 Å². The molecular formula is C11H25NO3Si. The van der Waals surface area contributed by atoms with Crippen LogP contribution in [0.2, 0.25) is 6.04 Å². The van der Waals surface area contributed by atoms with Gasteiger partial charge in [-0.05, 0) is 38.8 Å². The van der Waals surface area contributed by atoms with Gasteiger partial charge in [0, 0.05) is 33.9 Å². The molecule has 0 aromatic carbocycles. The Hall–Kier alpha value is 0.0569. The minimum Gasteiger partial charge on any atom is -0.377 e. The Morgan fingerprint density at radius 1 is 1.19 bits per heavy atom. The van der Waals surface area contributed by atoms with E-state index in [4.69, 9.17) is 13.3 Å². The van der Waals surface area contributed by atoms with E-state index in [2.05, 4.69) is 11.9 Å². The van der Waals surface area contributed by atoms with Crippen molar-refractivity contribution in [3.8, 4) is 0 Å². The maximum atomic E-state index is 5.44. The summed E-state index contributed by atoms with van der Waals surface area (Å²) in [5, 5.41) is 0. The first-order valence-electron chi connectivity index (χ1n) is 6.00. The predicted molar refractivity (Wildman–Crippen MR) is 66.4 cm³/mol. The SMILES string of the molecule is CO[Si](CCC1CCCN(C)C1)(OC)OC. The van der Waals surface area contributed by atoms with Gasteiger partial charge in [0.05, 0.1) is 0 Å². The fraction of sp³-hybridized carbons (Fsp3) is 1.00. The lowest BCUT2D eigenvalue weighted by molar-refractivity contribution is 0.117. The van der Waals surface area contributed by atoms with Gasteiger partial charge in [-0.25, -0.2) is 0 Å². The van der Waals surface area contributed by atoms with Gasteiger partial charge in [-0.2, -0.15) is 0 Å². The van der Waals surface area contributed by atoms with Gasteiger partial charge in [0.15, 0.2) is 0 Å². The molecule has 0 aromatic rings. The Kier molecular flexibility index (Phi) is 5.92. The van der Waals surface area contributed by atoms with Gasteiger partial charge in [0.2, 0.25) is 0 Å². The maximum Gasteiger partial charge on any atom is 0.500 e. The Morgan fingerprint density at radius 2 is 1.81 bits per heavy atom. The zero-order valence-electron chi connectivity index (χ0n) is 11.0. The standard InChI is InChI=1S/C11H25NO3Si/c1-12-8-5-6-11(10-12)7-9-16(13-2,14-3)15-4/h11H,5-10H2,1-4H3. The van der Waals surface area contributed by atoms with E-state index in [1.807, 2.05) is 0 Å². The molecule has 0 saturated carbocycles. The summed E-state index contributed by atoms with van der Waals surface area (Å²) in [6.07, 6.45) is 3.78. The molecule has 1 heterocycles. The van der Waals surface area contributed by atoms with Crippen molar-refractivity contribution in [2.24, 2.45) is 5.92 Å². The molecule has 16 heavy (non-hydrogen) atoms. The van der Waals surface area contributed by atoms with Crippen molar-refractivity contribution in [3.05, 3.63) is 0 Å². The van der Waals surface area contributed by atoms with E-state index in [9.17, 15) is 0 Å². The highest BCUT2D eigenvalue weighted by Gasteiger charge is 2.38. The van der Waals surface area contributed by atoms with Crippen molar-refractivity contribution in [2.45, 2.75) is 25.3 Å². The van der Waals surface area contributed by atoms with Crippen LogP contribution in [0.25, 0.3) is 0 Å². The molecule has 0 bridgehead atoms. The minimum absolute atomic E-state index is 0.770. The van der Waals surface area contributed by atoms with E-state index < -0.39 is 8.80 Å². The molecule has 0 aliphatic carbocycles. The van der Waals surface area contributed by atoms with Crippen LogP contribution in [-0.4, -0.2) is 55.2 Å². The first-order valence-corrected chi connectivity index (χ1v) is 7.93. The lowest BCUT2D eigenvalue weighted by Gasteiger charge is -2.31. The number of nitrogens with zero attached hydrogens (tertiary/aromatic N) is 1. The van der Waals surface area contributed by atoms with Crippen LogP contribution in [0.3, 0.4) is 0 Å². The van der Waals surface area contributed by atoms with E-state index in [-0.39, 0.29) is 0 Å². The molecule has 0 radical (unpaired) electrons. The highest BCUT2D eigenvalue weighted by atomic mass is 28.4. The van der Waals surface area contributed by atoms with E-state index >= 15 is 0 Å². The quantitative estimate of drug-likeness (QED) is 0.667. The molecule has 4 nitrogen and oxygen atoms in total. The summed E-state index contributed by atoms with van der Waals surface area (Å²) in [4.78, 5) is 2.41. The Bertz CT molecular complexity index is 191. The third-order valence-electron chi connectivity index (χ3n) is 3.51. The second-order valence-corrected chi connectivity index (χ2v) is 7.70. The Morgan fingerprint density at radius 3 is 2.31 bits per heavy atom. The van der Waals surface area contributed by atoms with Gasteiger partial charge in [0.25, 0.3) is 0 Å². The number of rotatable bonds is 6. The van der Waals surface area contributed by atoms with Crippen LogP contribution in [0, 0.1) is 5.92 Å². The Labute approximate surface area is 100 Å². The van der Waals surface area contributed by atoms with E-state index in [1.54, 1.807) is 21.3 Å². The first-order chi connectivity index (χ1) is 7.65. The van der Waals surface area contributed by atoms with Crippen molar-refractivity contribution < 1.29 is 13.3 Å². The van der Waals surface area contributed by atoms with Crippen LogP contribution >= 0.6 is 0 Å². The third-order valence-corrected chi connectivity index (χ3v) is 6.28. The van der Waals surface area contributed by atoms with Crippen molar-refractivity contribution in [1.29, 1.82) is 0 Å². The van der Waals surface area contributed by atoms with Crippen LogP contribution in [0.5, 0.6) is 0 Å². The van der Waals surface area contributed by atoms with E-state index in [1.165, 1.54) is 25.9 Å². The zero-order chi connectivity index (χ0) is 12.0. The van der Waals surface area contributed by atoms with Crippen molar-refractivity contribution >= 4 is 8.80 Å². The van der Waals surface area contributed by atoms with Gasteiger partial charge in [0.1, 0.15) is 0 Å². The average Bonchev–Trinajstić information content (AvgIpc) is 2.32. The molecule has 96 valence electrons. The molecule has 5 heteroatoms. The third kappa shape index (κ3) is 3.82. The van der Waals surface area contributed by atoms with Gasteiger partial charge >= 0.3 is 8.80 Å². The molecule has 1 atom stereocenters. The van der Waals surface area contributed by atoms with Crippen LogP contribution < -0.4 is 0 Å². The average molecular weight is 247 g/mol. The summed E-state index contributed by atoms with van der Waals surface area (Å²) in [6.45, 7) is 2.43. The summed E-state index contributed by atoms with van der Waals surface area (Å²) in [7, 11) is 4.91. The molecule has 1 saturated heterocycles. The minimum atomic E-state index is -2.34. The molecule has 0 aromatic heterocycles. The molecule has 0 amide bonds. The summed E-state index contributed by atoms with van der Waals surface area (Å²) >= 11 is 0. The topological polar surface area (TPSA) is 30.9 Å². The molecule has 1 rings (SSSR count). The fourth-order valence-electron chi connectivity index (χ4n) is 2.45. The van der Waals surface area contributed by atoms with Gasteiger partial charge in [-0.15, -0.1) is 0 Å². The van der Waals surface area contributed by atoms with E-state index in [0.29, 0.717) is 0 Å². The molecule has 0 N–H and O–H groups in total. The highest BCUT2D eigenvalue weighted by molar-refractivity contribution is 6.60. The largest absolute Gasteiger partial charge is 0.500 e. The monoisotopic (exact) mass is 247 g/mol. The van der Waals surface area contributed by atoms with Crippen LogP contribution in [0.1, 0.15) is 19.3 Å². The summed E-state index contributed by atoms with van der Waals surface area (Å²) in [5.74, 6) is 0.770. The summed E-state index contributed by atoms with van der Waals surface area (Å²) in [5.41, 5.74) is 0. The molecular weight excluding hydrogens is 222 g/mol. The Balaban J connectivity index is 2.36. The number of hydrogen-bond donors (Lipinski definition) is 0. The summed E-state index contributed by atoms with van der Waals surface area (Å²) < 4.78 is 16.3. The zero-order valence-corrected chi connectivity index (χ0v) is 12.0. The molecule has 1 aliphatic heterocycles. The number of piperidine rings is 1. The number of hydrogen-bond acceptors (Lipinski definition) is 4. The number of likely N-dealkylation sites (tertiary alicyclic amines) is 1. The lowest BCUT2D eigenvalue weighted by Crippen LogP contribution is -2.43. The van der Waals surface area contributed by atoms with E-state index in [0.717, 1.165) is 18.4 Å². The van der Waals surface area contributed by atoms with Crippen LogP contribution in [0.4, 0.5) is 0 Å². The maximum absolute atomic E-state index is 5.44. The van der Waals surface area contributed by atoms with Gasteiger partial charge in [-0.3, -0.25) is 0 Å². The van der Waals surface area contributed by atoms with Gasteiger partial charge < -0.3 is 18.2 Å². The van der Waals surface area contributed by atoms with Crippen LogP contribution in [-0.2, 0) is 13.3 Å². The fourth-order valence-corrected chi connectivity index (χ4v) is 4.32. The molecule has 1 unspecified atom stereocenters.